The maximum atomic E-state index is 13.5. The summed E-state index contributed by atoms with van der Waals surface area (Å²) >= 11 is 0. The topological polar surface area (TPSA) is 307 Å². The fraction of sp³-hybridized carbons (Fsp3) is 0.947. The number of aliphatic hydroxyl groups is 11. The number of hydrogen-bond acceptors (Lipinski definition) is 18. The number of aliphatic hydroxyl groups excluding tert-OH is 11. The van der Waals surface area contributed by atoms with Crippen LogP contribution in [0.5, 0.6) is 0 Å². The van der Waals surface area contributed by atoms with Crippen LogP contribution in [0.3, 0.4) is 0 Å². The van der Waals surface area contributed by atoms with Gasteiger partial charge in [0.05, 0.1) is 38.6 Å². The van der Waals surface area contributed by atoms with Gasteiger partial charge in [-0.15, -0.1) is 0 Å². The van der Waals surface area contributed by atoms with Crippen LogP contribution in [-0.4, -0.2) is 193 Å². The molecule has 114 heavy (non-hydrogen) atoms. The third-order valence-electron chi connectivity index (χ3n) is 24.5. The van der Waals surface area contributed by atoms with Crippen molar-refractivity contribution >= 4 is 5.91 Å². The Morgan fingerprint density at radius 2 is 0.561 bits per heavy atom. The second-order valence-corrected chi connectivity index (χ2v) is 34.9. The third kappa shape index (κ3) is 52.6. The Morgan fingerprint density at radius 3 is 0.877 bits per heavy atom. The zero-order valence-electron chi connectivity index (χ0n) is 73.1. The Labute approximate surface area is 696 Å². The monoisotopic (exact) mass is 1620 g/mol. The van der Waals surface area contributed by atoms with Crippen LogP contribution in [-0.2, 0) is 33.2 Å². The summed E-state index contributed by atoms with van der Waals surface area (Å²) < 4.78 is 34.5. The normalized spacial score (nSPS) is 24.7. The van der Waals surface area contributed by atoms with E-state index in [9.17, 15) is 61.0 Å². The highest BCUT2D eigenvalue weighted by Gasteiger charge is 2.54. The number of amides is 1. The predicted molar refractivity (Wildman–Crippen MR) is 462 cm³/mol. The van der Waals surface area contributed by atoms with Gasteiger partial charge in [-0.25, -0.2) is 0 Å². The van der Waals surface area contributed by atoms with E-state index in [-0.39, 0.29) is 18.9 Å². The molecule has 19 heteroatoms. The van der Waals surface area contributed by atoms with Crippen LogP contribution < -0.4 is 5.32 Å². The molecular formula is C95H181NO18. The van der Waals surface area contributed by atoms with Gasteiger partial charge in [0.15, 0.2) is 18.9 Å². The van der Waals surface area contributed by atoms with Crippen LogP contribution in [0.4, 0.5) is 0 Å². The Balaban J connectivity index is 1.28. The number of allylic oxidation sites excluding steroid dienone is 3. The summed E-state index contributed by atoms with van der Waals surface area (Å²) in [6.45, 7) is 1.80. The van der Waals surface area contributed by atoms with Gasteiger partial charge < -0.3 is 89.9 Å². The summed E-state index contributed by atoms with van der Waals surface area (Å²) in [6, 6.07) is -0.990. The van der Waals surface area contributed by atoms with Crippen LogP contribution >= 0.6 is 0 Å². The Kier molecular flexibility index (Phi) is 70.1. The molecule has 17 unspecified atom stereocenters. The first-order valence-electron chi connectivity index (χ1n) is 48.6. The molecule has 3 aliphatic heterocycles. The van der Waals surface area contributed by atoms with Gasteiger partial charge in [0.2, 0.25) is 5.91 Å². The lowest BCUT2D eigenvalue weighted by atomic mass is 9.96. The molecule has 3 heterocycles. The second kappa shape index (κ2) is 75.0. The molecule has 0 aliphatic carbocycles. The first-order chi connectivity index (χ1) is 55.8. The van der Waals surface area contributed by atoms with Crippen molar-refractivity contribution in [2.24, 2.45) is 0 Å². The Hall–Kier alpha value is -1.73. The van der Waals surface area contributed by atoms with E-state index in [0.717, 1.165) is 38.5 Å². The van der Waals surface area contributed by atoms with Crippen molar-refractivity contribution in [3.05, 3.63) is 24.3 Å². The zero-order valence-corrected chi connectivity index (χ0v) is 73.1. The molecule has 1 amide bonds. The first kappa shape index (κ1) is 106. The summed E-state index contributed by atoms with van der Waals surface area (Å²) in [5.41, 5.74) is 0. The van der Waals surface area contributed by atoms with Crippen LogP contribution in [0.25, 0.3) is 0 Å². The molecule has 12 N–H and O–H groups in total. The smallest absolute Gasteiger partial charge is 0.220 e. The van der Waals surface area contributed by atoms with E-state index >= 15 is 0 Å². The molecule has 0 aromatic rings. The summed E-state index contributed by atoms with van der Waals surface area (Å²) in [5, 5.41) is 121. The number of hydrogen-bond donors (Lipinski definition) is 12. The summed E-state index contributed by atoms with van der Waals surface area (Å²) in [7, 11) is 0. The molecule has 17 atom stereocenters. The summed E-state index contributed by atoms with van der Waals surface area (Å²) in [5.74, 6) is -0.275. The van der Waals surface area contributed by atoms with E-state index in [2.05, 4.69) is 31.3 Å². The van der Waals surface area contributed by atoms with Gasteiger partial charge in [0, 0.05) is 6.42 Å². The highest BCUT2D eigenvalue weighted by molar-refractivity contribution is 5.76. The fourth-order valence-corrected chi connectivity index (χ4v) is 16.8. The van der Waals surface area contributed by atoms with E-state index in [4.69, 9.17) is 28.4 Å². The first-order valence-corrected chi connectivity index (χ1v) is 48.6. The number of carbonyl (C=O) groups is 1. The maximum absolute atomic E-state index is 13.5. The molecule has 0 saturated carbocycles. The van der Waals surface area contributed by atoms with Crippen molar-refractivity contribution in [2.45, 2.75) is 548 Å². The molecule has 674 valence electrons. The van der Waals surface area contributed by atoms with Crippen molar-refractivity contribution in [1.29, 1.82) is 0 Å². The number of carbonyl (C=O) groups excluding carboxylic acids is 1. The van der Waals surface area contributed by atoms with Crippen molar-refractivity contribution in [3.8, 4) is 0 Å². The van der Waals surface area contributed by atoms with Crippen LogP contribution in [0.15, 0.2) is 24.3 Å². The predicted octanol–water partition coefficient (Wildman–Crippen LogP) is 19.6. The van der Waals surface area contributed by atoms with Crippen molar-refractivity contribution in [3.63, 3.8) is 0 Å². The fourth-order valence-electron chi connectivity index (χ4n) is 16.8. The minimum absolute atomic E-state index is 0.242. The third-order valence-corrected chi connectivity index (χ3v) is 24.5. The Bertz CT molecular complexity index is 2140. The number of unbranched alkanes of at least 4 members (excludes halogenated alkanes) is 63. The van der Waals surface area contributed by atoms with E-state index < -0.39 is 124 Å². The van der Waals surface area contributed by atoms with E-state index in [1.165, 1.54) is 372 Å². The quantitative estimate of drug-likeness (QED) is 0.0199. The van der Waals surface area contributed by atoms with Crippen molar-refractivity contribution < 1.29 is 89.4 Å². The van der Waals surface area contributed by atoms with E-state index in [0.29, 0.717) is 12.8 Å². The molecule has 0 radical (unpaired) electrons. The number of ether oxygens (including phenoxy) is 6. The SMILES string of the molecule is CCCCCCCCCCCCCCCCCCCCCCCC/C=C/CC/C=C/C(O)C(COC1OC(CO)C(OC2OC(CO)C(OC3OC(CO)C(O)C(O)C3O)C(O)C2O)C(O)C1O)NC(=O)CCCCCCCCCCCCCCCCCCCCCCCCCCCCCCCCCCCCCCCCCCC. The second-order valence-electron chi connectivity index (χ2n) is 34.9. The molecule has 3 saturated heterocycles. The van der Waals surface area contributed by atoms with Gasteiger partial charge in [0.1, 0.15) is 73.2 Å². The minimum Gasteiger partial charge on any atom is -0.394 e. The van der Waals surface area contributed by atoms with Crippen molar-refractivity contribution in [2.75, 3.05) is 26.4 Å². The average Bonchev–Trinajstić information content (AvgIpc) is 0.779. The van der Waals surface area contributed by atoms with Crippen molar-refractivity contribution in [1.82, 2.24) is 5.32 Å². The van der Waals surface area contributed by atoms with Crippen LogP contribution in [0.2, 0.25) is 0 Å². The summed E-state index contributed by atoms with van der Waals surface area (Å²) in [4.78, 5) is 13.5. The highest BCUT2D eigenvalue weighted by Crippen LogP contribution is 2.34. The largest absolute Gasteiger partial charge is 0.394 e. The molecule has 3 aliphatic rings. The van der Waals surface area contributed by atoms with Crippen LogP contribution in [0.1, 0.15) is 444 Å². The molecule has 0 bridgehead atoms. The van der Waals surface area contributed by atoms with Gasteiger partial charge in [-0.1, -0.05) is 430 Å². The zero-order chi connectivity index (χ0) is 82.4. The standard InChI is InChI=1S/C95H181NO18/c1-3-5-7-9-11-13-15-17-19-21-23-25-27-29-31-33-34-35-36-37-38-39-40-41-42-43-44-45-47-49-51-53-55-57-59-61-63-65-67-69-71-73-83(101)96-78(79(100)72-70-68-66-64-62-60-58-56-54-52-50-48-46-32-30-28-26-24-22-20-18-16-14-12-10-8-6-4-2)77-109-93-89(107)86(104)91(81(75-98)111-93)114-95-90(108)87(105)92(82(76-99)112-95)113-94-88(106)85(103)84(102)80(74-97)110-94/h62,64,70,72,78-82,84-95,97-100,102-108H,3-61,63,65-69,71,73-77H2,1-2H3,(H,96,101)/b64-62+,72-70+. The molecule has 3 fully saturated rings. The molecule has 0 aromatic carbocycles. The number of nitrogens with one attached hydrogen (secondary N) is 1. The number of rotatable bonds is 81. The van der Waals surface area contributed by atoms with Gasteiger partial charge in [-0.2, -0.15) is 0 Å². The van der Waals surface area contributed by atoms with Gasteiger partial charge >= 0.3 is 0 Å². The molecule has 19 nitrogen and oxygen atoms in total. The van der Waals surface area contributed by atoms with E-state index in [1.807, 2.05) is 6.08 Å². The lowest BCUT2D eigenvalue weighted by Crippen LogP contribution is -2.66. The van der Waals surface area contributed by atoms with E-state index in [1.54, 1.807) is 6.08 Å². The Morgan fingerprint density at radius 1 is 0.307 bits per heavy atom. The molecule has 3 rings (SSSR count). The minimum atomic E-state index is -1.98. The lowest BCUT2D eigenvalue weighted by molar-refractivity contribution is -0.379. The molecule has 0 spiro atoms. The summed E-state index contributed by atoms with van der Waals surface area (Å²) in [6.07, 6.45) is 69.5. The highest BCUT2D eigenvalue weighted by atomic mass is 16.8. The maximum Gasteiger partial charge on any atom is 0.220 e. The van der Waals surface area contributed by atoms with Gasteiger partial charge in [-0.05, 0) is 32.1 Å². The average molecular weight is 1630 g/mol. The van der Waals surface area contributed by atoms with Gasteiger partial charge in [-0.3, -0.25) is 4.79 Å². The molecular weight excluding hydrogens is 1440 g/mol. The van der Waals surface area contributed by atoms with Crippen LogP contribution in [0, 0.1) is 0 Å². The lowest BCUT2D eigenvalue weighted by Gasteiger charge is -2.48. The van der Waals surface area contributed by atoms with Gasteiger partial charge in [0.25, 0.3) is 0 Å². The molecule has 0 aromatic heterocycles.